The molecule has 0 aliphatic heterocycles. The maximum Gasteiger partial charge on any atom is 0.419 e. The third-order valence-corrected chi connectivity index (χ3v) is 2.84. The van der Waals surface area contributed by atoms with Crippen molar-refractivity contribution < 1.29 is 27.5 Å². The smallest absolute Gasteiger partial charge is 0.419 e. The van der Waals surface area contributed by atoms with Crippen molar-refractivity contribution in [1.29, 1.82) is 0 Å². The number of carboxylic acids is 1. The summed E-state index contributed by atoms with van der Waals surface area (Å²) >= 11 is 0. The molecule has 1 aliphatic carbocycles. The number of carbonyl (C=O) groups is 1. The van der Waals surface area contributed by atoms with Crippen LogP contribution >= 0.6 is 0 Å². The molecule has 0 spiro atoms. The summed E-state index contributed by atoms with van der Waals surface area (Å²) in [5, 5.41) is 8.66. The zero-order chi connectivity index (χ0) is 12.8. The maximum atomic E-state index is 13.6. The molecular weight excluding hydrogens is 240 g/mol. The van der Waals surface area contributed by atoms with Crippen molar-refractivity contribution in [2.24, 2.45) is 5.92 Å². The van der Waals surface area contributed by atoms with Crippen LogP contribution in [0.3, 0.4) is 0 Å². The number of aliphatic carboxylic acids is 1. The molecule has 1 N–H and O–H groups in total. The predicted molar refractivity (Wildman–Crippen MR) is 49.9 cm³/mol. The quantitative estimate of drug-likeness (QED) is 0.817. The molecule has 0 unspecified atom stereocenters. The molecule has 17 heavy (non-hydrogen) atoms. The van der Waals surface area contributed by atoms with Gasteiger partial charge in [-0.2, -0.15) is 13.2 Å². The van der Waals surface area contributed by atoms with Crippen LogP contribution in [0.4, 0.5) is 17.6 Å². The van der Waals surface area contributed by atoms with Crippen molar-refractivity contribution in [3.8, 4) is 0 Å². The number of hydrogen-bond donors (Lipinski definition) is 1. The molecular formula is C11H8F4O2. The van der Waals surface area contributed by atoms with E-state index in [2.05, 4.69) is 0 Å². The number of alkyl halides is 3. The molecule has 0 bridgehead atoms. The van der Waals surface area contributed by atoms with E-state index >= 15 is 0 Å². The molecule has 2 atom stereocenters. The van der Waals surface area contributed by atoms with E-state index in [1.54, 1.807) is 0 Å². The second-order valence-corrected chi connectivity index (χ2v) is 3.99. The molecule has 2 nitrogen and oxygen atoms in total. The van der Waals surface area contributed by atoms with E-state index in [0.717, 1.165) is 6.07 Å². The molecule has 1 fully saturated rings. The highest BCUT2D eigenvalue weighted by molar-refractivity contribution is 5.75. The van der Waals surface area contributed by atoms with E-state index in [-0.39, 0.29) is 12.0 Å². The van der Waals surface area contributed by atoms with E-state index in [0.29, 0.717) is 6.07 Å². The first-order chi connectivity index (χ1) is 7.82. The Hall–Kier alpha value is -1.59. The van der Waals surface area contributed by atoms with Crippen molar-refractivity contribution in [3.05, 3.63) is 35.1 Å². The lowest BCUT2D eigenvalue weighted by molar-refractivity contribution is -0.140. The van der Waals surface area contributed by atoms with Gasteiger partial charge in [-0.05, 0) is 18.1 Å². The lowest BCUT2D eigenvalue weighted by Crippen LogP contribution is -2.10. The lowest BCUT2D eigenvalue weighted by atomic mass is 10.0. The van der Waals surface area contributed by atoms with E-state index in [1.807, 2.05) is 0 Å². The zero-order valence-corrected chi connectivity index (χ0v) is 8.46. The Balaban J connectivity index is 2.35. The number of halogens is 4. The van der Waals surface area contributed by atoms with Gasteiger partial charge in [0.25, 0.3) is 0 Å². The Kier molecular flexibility index (Phi) is 2.60. The van der Waals surface area contributed by atoms with Gasteiger partial charge in [0.15, 0.2) is 0 Å². The van der Waals surface area contributed by atoms with E-state index in [9.17, 15) is 22.4 Å². The van der Waals surface area contributed by atoms with Crippen LogP contribution in [0.2, 0.25) is 0 Å². The Morgan fingerprint density at radius 1 is 1.35 bits per heavy atom. The highest BCUT2D eigenvalue weighted by Gasteiger charge is 2.47. The van der Waals surface area contributed by atoms with E-state index in [1.165, 1.54) is 6.07 Å². The van der Waals surface area contributed by atoms with Gasteiger partial charge in [0, 0.05) is 5.92 Å². The first kappa shape index (κ1) is 11.9. The van der Waals surface area contributed by atoms with Crippen LogP contribution in [0.25, 0.3) is 0 Å². The van der Waals surface area contributed by atoms with Crippen LogP contribution in [-0.4, -0.2) is 11.1 Å². The SMILES string of the molecule is O=C(O)[C@@H]1C[C@H]1c1cccc(C(F)(F)F)c1F. The summed E-state index contributed by atoms with van der Waals surface area (Å²) in [6, 6.07) is 2.95. The average Bonchev–Trinajstić information content (AvgIpc) is 2.95. The van der Waals surface area contributed by atoms with Crippen LogP contribution in [0.1, 0.15) is 23.5 Å². The van der Waals surface area contributed by atoms with Gasteiger partial charge in [-0.15, -0.1) is 0 Å². The van der Waals surface area contributed by atoms with Gasteiger partial charge in [0.1, 0.15) is 5.82 Å². The largest absolute Gasteiger partial charge is 0.481 e. The Morgan fingerprint density at radius 3 is 2.47 bits per heavy atom. The van der Waals surface area contributed by atoms with Gasteiger partial charge in [-0.3, -0.25) is 4.79 Å². The Morgan fingerprint density at radius 2 is 2.00 bits per heavy atom. The number of hydrogen-bond acceptors (Lipinski definition) is 1. The van der Waals surface area contributed by atoms with Gasteiger partial charge in [-0.1, -0.05) is 12.1 Å². The van der Waals surface area contributed by atoms with Crippen molar-refractivity contribution in [1.82, 2.24) is 0 Å². The fourth-order valence-corrected chi connectivity index (χ4v) is 1.87. The molecule has 0 saturated heterocycles. The standard InChI is InChI=1S/C11H8F4O2/c12-9-5(6-4-7(6)10(16)17)2-1-3-8(9)11(13,14)15/h1-3,6-7H,4H2,(H,16,17)/t6-,7+/m0/s1. The molecule has 0 aromatic heterocycles. The minimum absolute atomic E-state index is 0.160. The first-order valence-corrected chi connectivity index (χ1v) is 4.90. The topological polar surface area (TPSA) is 37.3 Å². The highest BCUT2D eigenvalue weighted by atomic mass is 19.4. The van der Waals surface area contributed by atoms with Gasteiger partial charge in [-0.25, -0.2) is 4.39 Å². The molecule has 1 saturated carbocycles. The third-order valence-electron chi connectivity index (χ3n) is 2.84. The molecule has 0 radical (unpaired) electrons. The monoisotopic (exact) mass is 248 g/mol. The minimum atomic E-state index is -4.76. The van der Waals surface area contributed by atoms with Crippen molar-refractivity contribution in [2.75, 3.05) is 0 Å². The summed E-state index contributed by atoms with van der Waals surface area (Å²) in [4.78, 5) is 10.6. The molecule has 1 aliphatic rings. The van der Waals surface area contributed by atoms with Gasteiger partial charge in [0.05, 0.1) is 11.5 Å². The van der Waals surface area contributed by atoms with Crippen molar-refractivity contribution >= 4 is 5.97 Å². The van der Waals surface area contributed by atoms with Gasteiger partial charge in [0.2, 0.25) is 0 Å². The molecule has 1 aromatic rings. The van der Waals surface area contributed by atoms with Crippen LogP contribution in [0, 0.1) is 11.7 Å². The van der Waals surface area contributed by atoms with Crippen LogP contribution < -0.4 is 0 Å². The third kappa shape index (κ3) is 2.11. The summed E-state index contributed by atoms with van der Waals surface area (Å²) in [7, 11) is 0. The fourth-order valence-electron chi connectivity index (χ4n) is 1.87. The summed E-state index contributed by atoms with van der Waals surface area (Å²) < 4.78 is 50.8. The summed E-state index contributed by atoms with van der Waals surface area (Å²) in [5.41, 5.74) is -1.50. The number of rotatable bonds is 2. The molecule has 0 heterocycles. The maximum absolute atomic E-state index is 13.6. The van der Waals surface area contributed by atoms with Gasteiger partial charge >= 0.3 is 12.1 Å². The lowest BCUT2D eigenvalue weighted by Gasteiger charge is -2.10. The van der Waals surface area contributed by atoms with Crippen LogP contribution in [0.5, 0.6) is 0 Å². The fraction of sp³-hybridized carbons (Fsp3) is 0.364. The van der Waals surface area contributed by atoms with Crippen LogP contribution in [-0.2, 0) is 11.0 Å². The average molecular weight is 248 g/mol. The molecule has 1 aromatic carbocycles. The van der Waals surface area contributed by atoms with E-state index < -0.39 is 35.4 Å². The number of benzene rings is 1. The molecule has 0 amide bonds. The number of carboxylic acid groups (broad SMARTS) is 1. The summed E-state index contributed by atoms with van der Waals surface area (Å²) in [6.07, 6.45) is -4.57. The predicted octanol–water partition coefficient (Wildman–Crippen LogP) is 3.03. The summed E-state index contributed by atoms with van der Waals surface area (Å²) in [6.45, 7) is 0. The van der Waals surface area contributed by atoms with Gasteiger partial charge < -0.3 is 5.11 Å². The van der Waals surface area contributed by atoms with Crippen molar-refractivity contribution in [3.63, 3.8) is 0 Å². The first-order valence-electron chi connectivity index (χ1n) is 4.90. The molecule has 6 heteroatoms. The highest BCUT2D eigenvalue weighted by Crippen LogP contribution is 2.49. The molecule has 2 rings (SSSR count). The Labute approximate surface area is 93.9 Å². The second kappa shape index (κ2) is 3.72. The minimum Gasteiger partial charge on any atom is -0.481 e. The van der Waals surface area contributed by atoms with E-state index in [4.69, 9.17) is 5.11 Å². The van der Waals surface area contributed by atoms with Crippen LogP contribution in [0.15, 0.2) is 18.2 Å². The Bertz CT molecular complexity index is 467. The zero-order valence-electron chi connectivity index (χ0n) is 8.46. The molecule has 92 valence electrons. The normalized spacial score (nSPS) is 23.5. The van der Waals surface area contributed by atoms with Crippen molar-refractivity contribution in [2.45, 2.75) is 18.5 Å². The summed E-state index contributed by atoms with van der Waals surface area (Å²) in [5.74, 6) is -3.87. The second-order valence-electron chi connectivity index (χ2n) is 3.99.